The fourth-order valence-electron chi connectivity index (χ4n) is 5.18. The molecule has 0 bridgehead atoms. The van der Waals surface area contributed by atoms with E-state index in [9.17, 15) is 4.79 Å². The van der Waals surface area contributed by atoms with Crippen molar-refractivity contribution < 1.29 is 9.53 Å². The zero-order valence-electron chi connectivity index (χ0n) is 19.7. The van der Waals surface area contributed by atoms with Gasteiger partial charge in [0.05, 0.1) is 5.69 Å². The van der Waals surface area contributed by atoms with E-state index in [2.05, 4.69) is 41.7 Å². The molecule has 1 aromatic heterocycles. The summed E-state index contributed by atoms with van der Waals surface area (Å²) in [4.78, 5) is 13.1. The number of ketones is 1. The number of Topliss-reactive ketones (excluding diaryl/α,β-unsaturated/α-hetero) is 1. The van der Waals surface area contributed by atoms with Gasteiger partial charge >= 0.3 is 0 Å². The van der Waals surface area contributed by atoms with Gasteiger partial charge in [0.15, 0.2) is 5.78 Å². The van der Waals surface area contributed by atoms with Crippen molar-refractivity contribution in [3.63, 3.8) is 0 Å². The molecule has 0 fully saturated rings. The predicted molar refractivity (Wildman–Crippen MR) is 137 cm³/mol. The summed E-state index contributed by atoms with van der Waals surface area (Å²) >= 11 is 0. The van der Waals surface area contributed by atoms with Crippen LogP contribution in [0.1, 0.15) is 42.1 Å². The molecule has 35 heavy (non-hydrogen) atoms. The van der Waals surface area contributed by atoms with Crippen molar-refractivity contribution in [2.24, 2.45) is 0 Å². The number of carbonyl (C=O) groups is 1. The second-order valence-corrected chi connectivity index (χ2v) is 9.16. The number of aromatic nitrogens is 2. The number of carbonyl (C=O) groups excluding carboxylic acids is 1. The van der Waals surface area contributed by atoms with Gasteiger partial charge in [0.2, 0.25) is 0 Å². The number of rotatable bonds is 5. The van der Waals surface area contributed by atoms with Gasteiger partial charge in [0, 0.05) is 23.3 Å². The van der Waals surface area contributed by atoms with Crippen LogP contribution in [0.15, 0.2) is 96.2 Å². The van der Waals surface area contributed by atoms with Crippen LogP contribution in [0, 0.1) is 6.92 Å². The number of allylic oxidation sites excluding steroid dienone is 2. The maximum Gasteiger partial charge on any atom is 0.163 e. The Labute approximate surface area is 205 Å². The number of anilines is 1. The average Bonchev–Trinajstić information content (AvgIpc) is 3.23. The molecule has 5 nitrogen and oxygen atoms in total. The van der Waals surface area contributed by atoms with E-state index in [1.807, 2.05) is 60.1 Å². The highest BCUT2D eigenvalue weighted by atomic mass is 16.5. The van der Waals surface area contributed by atoms with E-state index in [1.54, 1.807) is 0 Å². The highest BCUT2D eigenvalue weighted by Gasteiger charge is 2.37. The summed E-state index contributed by atoms with van der Waals surface area (Å²) < 4.78 is 8.00. The number of benzene rings is 3. The number of hydrogen-bond acceptors (Lipinski definition) is 4. The molecule has 0 saturated heterocycles. The normalized spacial score (nSPS) is 16.9. The van der Waals surface area contributed by atoms with Crippen LogP contribution in [0.2, 0.25) is 0 Å². The molecule has 174 valence electrons. The van der Waals surface area contributed by atoms with Gasteiger partial charge in [-0.1, -0.05) is 72.8 Å². The van der Waals surface area contributed by atoms with Crippen LogP contribution in [0.5, 0.6) is 5.75 Å². The Morgan fingerprint density at radius 2 is 1.66 bits per heavy atom. The van der Waals surface area contributed by atoms with Crippen LogP contribution in [0.3, 0.4) is 0 Å². The first-order valence-corrected chi connectivity index (χ1v) is 12.1. The van der Waals surface area contributed by atoms with Crippen LogP contribution in [0.25, 0.3) is 11.1 Å². The van der Waals surface area contributed by atoms with E-state index in [0.717, 1.165) is 63.6 Å². The third kappa shape index (κ3) is 3.93. The fourth-order valence-corrected chi connectivity index (χ4v) is 5.18. The first-order chi connectivity index (χ1) is 17.2. The largest absolute Gasteiger partial charge is 0.489 e. The lowest BCUT2D eigenvalue weighted by molar-refractivity contribution is -0.116. The number of fused-ring (bicyclic) bond motifs is 1. The van der Waals surface area contributed by atoms with Crippen molar-refractivity contribution in [1.82, 2.24) is 9.78 Å². The summed E-state index contributed by atoms with van der Waals surface area (Å²) in [6, 6.07) is 28.3. The van der Waals surface area contributed by atoms with E-state index in [-0.39, 0.29) is 11.8 Å². The van der Waals surface area contributed by atoms with Gasteiger partial charge in [0.1, 0.15) is 24.2 Å². The molecule has 0 amide bonds. The van der Waals surface area contributed by atoms with Gasteiger partial charge in [-0.15, -0.1) is 0 Å². The fraction of sp³-hybridized carbons (Fsp3) is 0.200. The van der Waals surface area contributed by atoms with E-state index >= 15 is 0 Å². The molecule has 2 aliphatic rings. The Hall–Kier alpha value is -4.12. The van der Waals surface area contributed by atoms with Gasteiger partial charge in [-0.2, -0.15) is 5.10 Å². The van der Waals surface area contributed by atoms with Crippen molar-refractivity contribution in [3.8, 4) is 16.9 Å². The molecule has 0 unspecified atom stereocenters. The molecular weight excluding hydrogens is 434 g/mol. The lowest BCUT2D eigenvalue weighted by atomic mass is 9.85. The second kappa shape index (κ2) is 8.91. The Kier molecular flexibility index (Phi) is 5.45. The third-order valence-electron chi connectivity index (χ3n) is 6.84. The number of hydrogen-bond donors (Lipinski definition) is 1. The van der Waals surface area contributed by atoms with Gasteiger partial charge in [-0.05, 0) is 48.6 Å². The number of nitrogens with zero attached hydrogens (tertiary/aromatic N) is 2. The van der Waals surface area contributed by atoms with Crippen molar-refractivity contribution in [3.05, 3.63) is 113 Å². The molecule has 0 spiro atoms. The minimum absolute atomic E-state index is 0.202. The molecular formula is C30H27N3O2. The monoisotopic (exact) mass is 461 g/mol. The smallest absolute Gasteiger partial charge is 0.163 e. The summed E-state index contributed by atoms with van der Waals surface area (Å²) in [6.07, 6.45) is 2.32. The molecule has 1 atom stereocenters. The SMILES string of the molecule is Cc1nn2c(c1-c1ccccc1)NC1=C(C(=O)CCC1)[C@@H]2c1ccc(OCc2ccccc2)cc1. The molecule has 0 saturated carbocycles. The van der Waals surface area contributed by atoms with Crippen molar-refractivity contribution >= 4 is 11.6 Å². The van der Waals surface area contributed by atoms with Crippen LogP contribution >= 0.6 is 0 Å². The minimum atomic E-state index is -0.256. The maximum absolute atomic E-state index is 13.1. The van der Waals surface area contributed by atoms with Crippen molar-refractivity contribution in [2.45, 2.75) is 38.8 Å². The van der Waals surface area contributed by atoms with E-state index in [0.29, 0.717) is 13.0 Å². The average molecular weight is 462 g/mol. The third-order valence-corrected chi connectivity index (χ3v) is 6.84. The van der Waals surface area contributed by atoms with Crippen LogP contribution in [0.4, 0.5) is 5.82 Å². The Bertz CT molecular complexity index is 1400. The van der Waals surface area contributed by atoms with Crippen LogP contribution < -0.4 is 10.1 Å². The molecule has 0 radical (unpaired) electrons. The lowest BCUT2D eigenvalue weighted by Crippen LogP contribution is -2.31. The van der Waals surface area contributed by atoms with E-state index in [4.69, 9.17) is 9.84 Å². The molecule has 2 heterocycles. The molecule has 3 aromatic carbocycles. The molecule has 4 aromatic rings. The van der Waals surface area contributed by atoms with E-state index < -0.39 is 0 Å². The highest BCUT2D eigenvalue weighted by Crippen LogP contribution is 2.45. The summed E-state index contributed by atoms with van der Waals surface area (Å²) in [5, 5.41) is 8.55. The second-order valence-electron chi connectivity index (χ2n) is 9.16. The number of aryl methyl sites for hydroxylation is 1. The standard InChI is InChI=1S/C30H27N3O2/c1-20-27(22-11-6-3-7-12-22)30-31-25-13-8-14-26(34)28(25)29(33(30)32-20)23-15-17-24(18-16-23)35-19-21-9-4-2-5-10-21/h2-7,9-12,15-18,29,31H,8,13-14,19H2,1H3/t29-/m0/s1. The van der Waals surface area contributed by atoms with Gasteiger partial charge in [0.25, 0.3) is 0 Å². The number of nitrogens with one attached hydrogen (secondary N) is 1. The van der Waals surface area contributed by atoms with Crippen LogP contribution in [-0.2, 0) is 11.4 Å². The minimum Gasteiger partial charge on any atom is -0.489 e. The van der Waals surface area contributed by atoms with Gasteiger partial charge < -0.3 is 10.1 Å². The molecule has 6 rings (SSSR count). The molecule has 1 aliphatic carbocycles. The van der Waals surface area contributed by atoms with Crippen molar-refractivity contribution in [2.75, 3.05) is 5.32 Å². The molecule has 1 N–H and O–H groups in total. The quantitative estimate of drug-likeness (QED) is 0.371. The predicted octanol–water partition coefficient (Wildman–Crippen LogP) is 6.46. The highest BCUT2D eigenvalue weighted by molar-refractivity contribution is 6.00. The maximum atomic E-state index is 13.1. The summed E-state index contributed by atoms with van der Waals surface area (Å²) in [7, 11) is 0. The van der Waals surface area contributed by atoms with E-state index in [1.165, 1.54) is 0 Å². The Morgan fingerprint density at radius 3 is 2.40 bits per heavy atom. The van der Waals surface area contributed by atoms with Gasteiger partial charge in [-0.25, -0.2) is 4.68 Å². The Balaban J connectivity index is 1.39. The van der Waals surface area contributed by atoms with Gasteiger partial charge in [-0.3, -0.25) is 4.79 Å². The number of ether oxygens (including phenoxy) is 1. The zero-order chi connectivity index (χ0) is 23.8. The summed E-state index contributed by atoms with van der Waals surface area (Å²) in [5.74, 6) is 1.96. The first-order valence-electron chi connectivity index (χ1n) is 12.1. The van der Waals surface area contributed by atoms with Crippen LogP contribution in [-0.4, -0.2) is 15.6 Å². The topological polar surface area (TPSA) is 56.2 Å². The summed E-state index contributed by atoms with van der Waals surface area (Å²) in [6.45, 7) is 2.55. The lowest BCUT2D eigenvalue weighted by Gasteiger charge is -2.33. The summed E-state index contributed by atoms with van der Waals surface area (Å²) in [5.41, 5.74) is 7.17. The first kappa shape index (κ1) is 21.4. The Morgan fingerprint density at radius 1 is 0.943 bits per heavy atom. The zero-order valence-corrected chi connectivity index (χ0v) is 19.7. The van der Waals surface area contributed by atoms with Crippen molar-refractivity contribution in [1.29, 1.82) is 0 Å². The molecule has 1 aliphatic heterocycles. The molecule has 5 heteroatoms.